The minimum Gasteiger partial charge on any atom is -0.376 e. The first-order valence-electron chi connectivity index (χ1n) is 11.2. The maximum atomic E-state index is 12.3. The molecule has 2 heterocycles. The van der Waals surface area contributed by atoms with Crippen LogP contribution in [0.25, 0.3) is 0 Å². The summed E-state index contributed by atoms with van der Waals surface area (Å²) in [5.41, 5.74) is 0.654. The van der Waals surface area contributed by atoms with Crippen molar-refractivity contribution in [2.75, 3.05) is 35.9 Å². The molecule has 2 fully saturated rings. The third-order valence-electron chi connectivity index (χ3n) is 5.84. The zero-order valence-electron chi connectivity index (χ0n) is 19.0. The van der Waals surface area contributed by atoms with Crippen molar-refractivity contribution in [1.29, 1.82) is 0 Å². The first-order chi connectivity index (χ1) is 15.9. The minimum absolute atomic E-state index is 0.0559. The number of nitrogens with one attached hydrogen (secondary N) is 2. The van der Waals surface area contributed by atoms with Crippen molar-refractivity contribution >= 4 is 21.8 Å². The lowest BCUT2D eigenvalue weighted by molar-refractivity contribution is -0.130. The van der Waals surface area contributed by atoms with Gasteiger partial charge in [0.2, 0.25) is 16.0 Å². The van der Waals surface area contributed by atoms with Crippen LogP contribution in [0.4, 0.5) is 24.9 Å². The molecule has 1 atom stereocenters. The van der Waals surface area contributed by atoms with Crippen LogP contribution in [-0.4, -0.2) is 78.3 Å². The zero-order valence-corrected chi connectivity index (χ0v) is 19.8. The second-order valence-corrected chi connectivity index (χ2v) is 10.7. The van der Waals surface area contributed by atoms with Crippen LogP contribution in [0, 0.1) is 0 Å². The molecule has 15 heteroatoms. The Morgan fingerprint density at radius 1 is 1.29 bits per heavy atom. The first-order valence-corrected chi connectivity index (χ1v) is 12.8. The van der Waals surface area contributed by atoms with Gasteiger partial charge in [-0.05, 0) is 32.6 Å². The number of nitrogens with two attached hydrogens (primary N) is 1. The van der Waals surface area contributed by atoms with Crippen molar-refractivity contribution in [3.8, 4) is 0 Å². The van der Waals surface area contributed by atoms with E-state index in [-0.39, 0.29) is 23.9 Å². The average Bonchev–Trinajstić information content (AvgIpc) is 2.74. The monoisotopic (exact) mass is 511 g/mol. The molecular weight excluding hydrogens is 479 g/mol. The molecule has 11 nitrogen and oxygen atoms in total. The predicted molar refractivity (Wildman–Crippen MR) is 118 cm³/mol. The lowest BCUT2D eigenvalue weighted by Crippen LogP contribution is -2.42. The summed E-state index contributed by atoms with van der Waals surface area (Å²) < 4.78 is 68.7. The third kappa shape index (κ3) is 8.46. The summed E-state index contributed by atoms with van der Waals surface area (Å²) >= 11 is 0. The molecule has 1 aliphatic heterocycles. The van der Waals surface area contributed by atoms with Gasteiger partial charge in [-0.2, -0.15) is 23.3 Å². The van der Waals surface area contributed by atoms with E-state index in [0.717, 1.165) is 13.1 Å². The van der Waals surface area contributed by atoms with Crippen molar-refractivity contribution in [2.24, 2.45) is 5.84 Å². The maximum absolute atomic E-state index is 12.3. The molecule has 0 amide bonds. The summed E-state index contributed by atoms with van der Waals surface area (Å²) in [5.74, 6) is 5.04. The van der Waals surface area contributed by atoms with Crippen LogP contribution in [0.15, 0.2) is 6.20 Å². The van der Waals surface area contributed by atoms with E-state index in [1.54, 1.807) is 6.20 Å². The standard InChI is InChI=1S/C19H32F3N7O4S/c1-13-11-28(7-8-33-13)12-14-10-24-18(26-17(14)29(23)30)25-15-2-4-16(5-3-15)27-34(31,32)9-6-19(20,21)22/h10,13,15-16,27,30H,2-9,11-12,23H2,1H3,(H,24,25,26)/t13-,15?,16?/m0/s1. The van der Waals surface area contributed by atoms with Gasteiger partial charge in [0.1, 0.15) is 0 Å². The number of ether oxygens (including phenoxy) is 1. The Kier molecular flexibility index (Phi) is 8.92. The molecule has 0 spiro atoms. The van der Waals surface area contributed by atoms with Gasteiger partial charge >= 0.3 is 6.18 Å². The maximum Gasteiger partial charge on any atom is 0.390 e. The number of hydrogen-bond acceptors (Lipinski definition) is 10. The summed E-state index contributed by atoms with van der Waals surface area (Å²) in [6, 6.07) is -0.470. The summed E-state index contributed by atoms with van der Waals surface area (Å²) in [7, 11) is -4.00. The van der Waals surface area contributed by atoms with Crippen LogP contribution in [0.3, 0.4) is 0 Å². The Morgan fingerprint density at radius 3 is 2.59 bits per heavy atom. The molecule has 0 bridgehead atoms. The molecular formula is C19H32F3N7O4S. The predicted octanol–water partition coefficient (Wildman–Crippen LogP) is 1.36. The van der Waals surface area contributed by atoms with E-state index in [4.69, 9.17) is 10.6 Å². The van der Waals surface area contributed by atoms with Crippen molar-refractivity contribution in [3.63, 3.8) is 0 Å². The van der Waals surface area contributed by atoms with Crippen LogP contribution in [-0.2, 0) is 21.3 Å². The fourth-order valence-electron chi connectivity index (χ4n) is 4.15. The van der Waals surface area contributed by atoms with Gasteiger partial charge in [0.05, 0.1) is 24.9 Å². The van der Waals surface area contributed by atoms with E-state index in [0.29, 0.717) is 49.6 Å². The zero-order chi connectivity index (χ0) is 24.9. The van der Waals surface area contributed by atoms with Gasteiger partial charge in [-0.3, -0.25) is 10.1 Å². The number of alkyl halides is 3. The number of sulfonamides is 1. The SMILES string of the molecule is C[C@H]1CN(Cc2cnc(NC3CCC(NS(=O)(=O)CCC(F)(F)F)CC3)nc2N(N)O)CCO1. The van der Waals surface area contributed by atoms with E-state index in [1.807, 2.05) is 6.92 Å². The normalized spacial score (nSPS) is 24.7. The second-order valence-electron chi connectivity index (χ2n) is 8.80. The van der Waals surface area contributed by atoms with Gasteiger partial charge in [-0.15, -0.1) is 0 Å². The Morgan fingerprint density at radius 2 is 1.97 bits per heavy atom. The van der Waals surface area contributed by atoms with Gasteiger partial charge in [0, 0.05) is 43.5 Å². The molecule has 1 aliphatic carbocycles. The molecule has 1 aromatic rings. The quantitative estimate of drug-likeness (QED) is 0.283. The Hall–Kier alpha value is -1.78. The first kappa shape index (κ1) is 26.8. The summed E-state index contributed by atoms with van der Waals surface area (Å²) in [6.07, 6.45) is -2.11. The topological polar surface area (TPSA) is 146 Å². The number of hydrazine groups is 1. The number of anilines is 2. The van der Waals surface area contributed by atoms with Crippen molar-refractivity contribution in [3.05, 3.63) is 11.8 Å². The number of nitrogens with zero attached hydrogens (tertiary/aromatic N) is 4. The molecule has 1 aromatic heterocycles. The smallest absolute Gasteiger partial charge is 0.376 e. The molecule has 0 aromatic carbocycles. The van der Waals surface area contributed by atoms with Crippen LogP contribution in [0.5, 0.6) is 0 Å². The van der Waals surface area contributed by atoms with Gasteiger partial charge in [-0.25, -0.2) is 24.0 Å². The molecule has 1 saturated carbocycles. The molecule has 3 rings (SSSR count). The van der Waals surface area contributed by atoms with Crippen LogP contribution in [0.1, 0.15) is 44.6 Å². The minimum atomic E-state index is -4.51. The van der Waals surface area contributed by atoms with E-state index in [1.165, 1.54) is 0 Å². The highest BCUT2D eigenvalue weighted by molar-refractivity contribution is 7.89. The lowest BCUT2D eigenvalue weighted by Gasteiger charge is -2.32. The highest BCUT2D eigenvalue weighted by Gasteiger charge is 2.32. The number of rotatable bonds is 9. The molecule has 5 N–H and O–H groups in total. The number of hydrogen-bond donors (Lipinski definition) is 4. The fraction of sp³-hybridized carbons (Fsp3) is 0.789. The number of morpholine rings is 1. The van der Waals surface area contributed by atoms with E-state index in [2.05, 4.69) is 24.9 Å². The van der Waals surface area contributed by atoms with Crippen molar-refractivity contribution < 1.29 is 31.5 Å². The van der Waals surface area contributed by atoms with Gasteiger partial charge in [0.15, 0.2) is 5.82 Å². The van der Waals surface area contributed by atoms with Crippen LogP contribution >= 0.6 is 0 Å². The summed E-state index contributed by atoms with van der Waals surface area (Å²) in [4.78, 5) is 10.8. The molecule has 0 unspecified atom stereocenters. The van der Waals surface area contributed by atoms with Gasteiger partial charge in [-0.1, -0.05) is 0 Å². The highest BCUT2D eigenvalue weighted by Crippen LogP contribution is 2.25. The van der Waals surface area contributed by atoms with E-state index < -0.39 is 34.4 Å². The molecule has 34 heavy (non-hydrogen) atoms. The molecule has 2 aliphatic rings. The Balaban J connectivity index is 1.52. The molecule has 1 saturated heterocycles. The fourth-order valence-corrected chi connectivity index (χ4v) is 5.52. The largest absolute Gasteiger partial charge is 0.390 e. The summed E-state index contributed by atoms with van der Waals surface area (Å²) in [6.45, 7) is 4.57. The van der Waals surface area contributed by atoms with Crippen molar-refractivity contribution in [1.82, 2.24) is 19.6 Å². The highest BCUT2D eigenvalue weighted by atomic mass is 32.2. The van der Waals surface area contributed by atoms with Crippen LogP contribution < -0.4 is 21.1 Å². The van der Waals surface area contributed by atoms with E-state index >= 15 is 0 Å². The average molecular weight is 512 g/mol. The Bertz CT molecular complexity index is 912. The van der Waals surface area contributed by atoms with E-state index in [9.17, 15) is 26.8 Å². The summed E-state index contributed by atoms with van der Waals surface area (Å²) in [5, 5.41) is 13.5. The lowest BCUT2D eigenvalue weighted by atomic mass is 9.92. The number of halogens is 3. The van der Waals surface area contributed by atoms with Gasteiger partial charge < -0.3 is 10.1 Å². The van der Waals surface area contributed by atoms with Gasteiger partial charge in [0.25, 0.3) is 0 Å². The molecule has 0 radical (unpaired) electrons. The second kappa shape index (κ2) is 11.3. The van der Waals surface area contributed by atoms with Crippen molar-refractivity contribution in [2.45, 2.75) is 69.9 Å². The Labute approximate surface area is 196 Å². The van der Waals surface area contributed by atoms with Crippen LogP contribution in [0.2, 0.25) is 0 Å². The number of aromatic nitrogens is 2. The third-order valence-corrected chi connectivity index (χ3v) is 7.27. The molecule has 194 valence electrons.